The number of hydrogen-bond donors (Lipinski definition) is 1. The average molecular weight is 369 g/mol. The van der Waals surface area contributed by atoms with Crippen molar-refractivity contribution in [2.75, 3.05) is 7.11 Å². The molecule has 2 rings (SSSR count). The van der Waals surface area contributed by atoms with E-state index in [0.29, 0.717) is 0 Å². The summed E-state index contributed by atoms with van der Waals surface area (Å²) in [6, 6.07) is 14.5. The lowest BCUT2D eigenvalue weighted by Crippen LogP contribution is -2.22. The highest BCUT2D eigenvalue weighted by atomic mass is 79.9. The van der Waals surface area contributed by atoms with Gasteiger partial charge < -0.3 is 10.1 Å². The van der Waals surface area contributed by atoms with Crippen LogP contribution in [0.5, 0.6) is 5.75 Å². The zero-order valence-corrected chi connectivity index (χ0v) is 14.7. The number of halogens is 2. The van der Waals surface area contributed by atoms with Gasteiger partial charge in [0.1, 0.15) is 5.75 Å². The highest BCUT2D eigenvalue weighted by molar-refractivity contribution is 9.10. The minimum absolute atomic E-state index is 0.222. The third kappa shape index (κ3) is 4.22. The number of nitrogens with one attached hydrogen (secondary N) is 1. The summed E-state index contributed by atoms with van der Waals surface area (Å²) in [6.45, 7) is 4.29. The molecular weight excluding hydrogens is 350 g/mol. The van der Waals surface area contributed by atoms with Crippen molar-refractivity contribution in [2.24, 2.45) is 0 Å². The lowest BCUT2D eigenvalue weighted by atomic mass is 10.0. The molecule has 2 atom stereocenters. The summed E-state index contributed by atoms with van der Waals surface area (Å²) in [7, 11) is 1.67. The molecule has 0 fully saturated rings. The summed E-state index contributed by atoms with van der Waals surface area (Å²) in [6.07, 6.45) is 0. The van der Waals surface area contributed by atoms with Crippen LogP contribution >= 0.6 is 27.5 Å². The molecule has 4 heteroatoms. The van der Waals surface area contributed by atoms with Crippen molar-refractivity contribution in [3.63, 3.8) is 0 Å². The number of benzene rings is 2. The van der Waals surface area contributed by atoms with Crippen molar-refractivity contribution < 1.29 is 4.74 Å². The molecule has 0 aliphatic rings. The molecule has 0 amide bonds. The van der Waals surface area contributed by atoms with Gasteiger partial charge in [-0.1, -0.05) is 29.8 Å². The number of methoxy groups -OCH3 is 1. The fourth-order valence-electron chi connectivity index (χ4n) is 2.30. The maximum absolute atomic E-state index is 6.05. The second-order valence-corrected chi connectivity index (χ2v) is 6.35. The Kier molecular flexibility index (Phi) is 5.68. The largest absolute Gasteiger partial charge is 0.496 e. The van der Waals surface area contributed by atoms with Gasteiger partial charge in [-0.3, -0.25) is 0 Å². The first-order valence-electron chi connectivity index (χ1n) is 6.86. The lowest BCUT2D eigenvalue weighted by molar-refractivity contribution is 0.411. The van der Waals surface area contributed by atoms with E-state index in [1.165, 1.54) is 11.1 Å². The molecule has 0 bridgehead atoms. The Hall–Kier alpha value is -1.03. The molecule has 2 unspecified atom stereocenters. The molecule has 1 N–H and O–H groups in total. The first-order chi connectivity index (χ1) is 10.0. The van der Waals surface area contributed by atoms with Crippen molar-refractivity contribution in [1.29, 1.82) is 0 Å². The zero-order valence-electron chi connectivity index (χ0n) is 12.4. The second kappa shape index (κ2) is 7.30. The summed E-state index contributed by atoms with van der Waals surface area (Å²) < 4.78 is 6.23. The second-order valence-electron chi connectivity index (χ2n) is 5.06. The molecule has 2 nitrogen and oxygen atoms in total. The molecule has 2 aromatic rings. The minimum atomic E-state index is 0.222. The number of hydrogen-bond acceptors (Lipinski definition) is 2. The fraction of sp³-hybridized carbons (Fsp3) is 0.294. The predicted octanol–water partition coefficient (Wildman–Crippen LogP) is 5.52. The Morgan fingerprint density at radius 1 is 1.05 bits per heavy atom. The van der Waals surface area contributed by atoms with Crippen LogP contribution in [-0.2, 0) is 0 Å². The third-order valence-electron chi connectivity index (χ3n) is 3.52. The van der Waals surface area contributed by atoms with E-state index in [-0.39, 0.29) is 12.1 Å². The van der Waals surface area contributed by atoms with E-state index in [9.17, 15) is 0 Å². The number of ether oxygens (including phenoxy) is 1. The van der Waals surface area contributed by atoms with Crippen molar-refractivity contribution in [1.82, 2.24) is 5.32 Å². The molecule has 112 valence electrons. The standard InChI is InChI=1S/C17H19BrClNO/c1-11(13-5-4-6-15(19)9-13)20-12(2)14-7-8-17(21-3)16(18)10-14/h4-12,20H,1-3H3. The SMILES string of the molecule is COc1ccc(C(C)NC(C)c2cccc(Cl)c2)cc1Br. The van der Waals surface area contributed by atoms with E-state index in [0.717, 1.165) is 15.2 Å². The summed E-state index contributed by atoms with van der Waals surface area (Å²) in [4.78, 5) is 0. The summed E-state index contributed by atoms with van der Waals surface area (Å²) >= 11 is 9.57. The van der Waals surface area contributed by atoms with E-state index in [4.69, 9.17) is 16.3 Å². The molecule has 0 saturated heterocycles. The Morgan fingerprint density at radius 3 is 2.29 bits per heavy atom. The Labute approximate surface area is 139 Å². The van der Waals surface area contributed by atoms with Gasteiger partial charge in [0.2, 0.25) is 0 Å². The predicted molar refractivity (Wildman–Crippen MR) is 92.1 cm³/mol. The maximum Gasteiger partial charge on any atom is 0.133 e. The Balaban J connectivity index is 2.10. The maximum atomic E-state index is 6.05. The monoisotopic (exact) mass is 367 g/mol. The van der Waals surface area contributed by atoms with Crippen LogP contribution in [0.25, 0.3) is 0 Å². The van der Waals surface area contributed by atoms with Crippen LogP contribution in [0.3, 0.4) is 0 Å². The highest BCUT2D eigenvalue weighted by Gasteiger charge is 2.13. The lowest BCUT2D eigenvalue weighted by Gasteiger charge is -2.21. The fourth-order valence-corrected chi connectivity index (χ4v) is 3.05. The van der Waals surface area contributed by atoms with Gasteiger partial charge >= 0.3 is 0 Å². The summed E-state index contributed by atoms with van der Waals surface area (Å²) in [5.74, 6) is 0.842. The van der Waals surface area contributed by atoms with E-state index < -0.39 is 0 Å². The van der Waals surface area contributed by atoms with E-state index in [1.54, 1.807) is 7.11 Å². The molecule has 2 aromatic carbocycles. The Morgan fingerprint density at radius 2 is 1.71 bits per heavy atom. The molecule has 0 radical (unpaired) electrons. The van der Waals surface area contributed by atoms with Crippen LogP contribution in [0.2, 0.25) is 5.02 Å². The van der Waals surface area contributed by atoms with E-state index in [1.807, 2.05) is 24.3 Å². The van der Waals surface area contributed by atoms with E-state index in [2.05, 4.69) is 53.3 Å². The van der Waals surface area contributed by atoms with Crippen LogP contribution in [0.1, 0.15) is 37.1 Å². The van der Waals surface area contributed by atoms with Crippen molar-refractivity contribution in [3.05, 3.63) is 63.1 Å². The average Bonchev–Trinajstić information content (AvgIpc) is 2.47. The molecule has 0 aromatic heterocycles. The normalized spacial score (nSPS) is 13.8. The minimum Gasteiger partial charge on any atom is -0.496 e. The molecular formula is C17H19BrClNO. The van der Waals surface area contributed by atoms with Gasteiger partial charge in [0.05, 0.1) is 11.6 Å². The molecule has 0 spiro atoms. The van der Waals surface area contributed by atoms with Gasteiger partial charge in [-0.25, -0.2) is 0 Å². The quantitative estimate of drug-likeness (QED) is 0.750. The van der Waals surface area contributed by atoms with Crippen molar-refractivity contribution >= 4 is 27.5 Å². The van der Waals surface area contributed by atoms with Crippen LogP contribution in [0.15, 0.2) is 46.9 Å². The van der Waals surface area contributed by atoms with Gasteiger partial charge in [-0.2, -0.15) is 0 Å². The topological polar surface area (TPSA) is 21.3 Å². The van der Waals surface area contributed by atoms with Gasteiger partial charge in [-0.15, -0.1) is 0 Å². The van der Waals surface area contributed by atoms with E-state index >= 15 is 0 Å². The molecule has 0 aliphatic carbocycles. The highest BCUT2D eigenvalue weighted by Crippen LogP contribution is 2.29. The van der Waals surface area contributed by atoms with Crippen molar-refractivity contribution in [2.45, 2.75) is 25.9 Å². The zero-order chi connectivity index (χ0) is 15.4. The smallest absolute Gasteiger partial charge is 0.133 e. The van der Waals surface area contributed by atoms with Gasteiger partial charge in [0.15, 0.2) is 0 Å². The Bertz CT molecular complexity index is 617. The van der Waals surface area contributed by atoms with Gasteiger partial charge in [-0.05, 0) is 65.2 Å². The van der Waals surface area contributed by atoms with Gasteiger partial charge in [0.25, 0.3) is 0 Å². The van der Waals surface area contributed by atoms with Crippen LogP contribution < -0.4 is 10.1 Å². The molecule has 0 saturated carbocycles. The van der Waals surface area contributed by atoms with Crippen LogP contribution in [0.4, 0.5) is 0 Å². The van der Waals surface area contributed by atoms with Gasteiger partial charge in [0, 0.05) is 17.1 Å². The molecule has 0 aliphatic heterocycles. The van der Waals surface area contributed by atoms with Crippen molar-refractivity contribution in [3.8, 4) is 5.75 Å². The van der Waals surface area contributed by atoms with Crippen LogP contribution in [0, 0.1) is 0 Å². The third-order valence-corrected chi connectivity index (χ3v) is 4.38. The molecule has 21 heavy (non-hydrogen) atoms. The summed E-state index contributed by atoms with van der Waals surface area (Å²) in [5.41, 5.74) is 2.39. The summed E-state index contributed by atoms with van der Waals surface area (Å²) in [5, 5.41) is 4.35. The first-order valence-corrected chi connectivity index (χ1v) is 8.03. The first kappa shape index (κ1) is 16.3. The molecule has 0 heterocycles. The number of rotatable bonds is 5. The van der Waals surface area contributed by atoms with Crippen LogP contribution in [-0.4, -0.2) is 7.11 Å².